The number of rotatable bonds is 5. The molecule has 1 atom stereocenters. The van der Waals surface area contributed by atoms with Crippen molar-refractivity contribution in [1.82, 2.24) is 14.2 Å². The fraction of sp³-hybridized carbons (Fsp3) is 0.312. The van der Waals surface area contributed by atoms with Crippen LogP contribution in [-0.4, -0.2) is 37.9 Å². The van der Waals surface area contributed by atoms with Gasteiger partial charge in [-0.05, 0) is 25.6 Å². The molecule has 6 nitrogen and oxygen atoms in total. The maximum Gasteiger partial charge on any atom is 0.270 e. The lowest BCUT2D eigenvalue weighted by Gasteiger charge is -2.25. The molecule has 1 heterocycles. The average Bonchev–Trinajstić information content (AvgIpc) is 2.96. The van der Waals surface area contributed by atoms with Crippen LogP contribution in [0.1, 0.15) is 29.0 Å². The van der Waals surface area contributed by atoms with E-state index in [1.165, 1.54) is 23.9 Å². The first-order chi connectivity index (χ1) is 10.8. The summed E-state index contributed by atoms with van der Waals surface area (Å²) in [5, 5.41) is 0. The Morgan fingerprint density at radius 1 is 1.26 bits per heavy atom. The van der Waals surface area contributed by atoms with Crippen molar-refractivity contribution >= 4 is 15.9 Å². The SMILES string of the molecule is CNS(=O)(=O)c1cc(C(=O)N(C)C(C)c2ccccc2)n(C)c1. The number of nitrogens with zero attached hydrogens (tertiary/aromatic N) is 2. The van der Waals surface area contributed by atoms with Gasteiger partial charge in [0.25, 0.3) is 5.91 Å². The second kappa shape index (κ2) is 6.55. The van der Waals surface area contributed by atoms with E-state index in [2.05, 4.69) is 4.72 Å². The van der Waals surface area contributed by atoms with Crippen LogP contribution in [0.5, 0.6) is 0 Å². The summed E-state index contributed by atoms with van der Waals surface area (Å²) < 4.78 is 27.5. The van der Waals surface area contributed by atoms with Gasteiger partial charge in [-0.25, -0.2) is 13.1 Å². The third-order valence-electron chi connectivity index (χ3n) is 3.96. The zero-order chi connectivity index (χ0) is 17.2. The number of aromatic nitrogens is 1. The zero-order valence-corrected chi connectivity index (χ0v) is 14.5. The first kappa shape index (κ1) is 17.2. The van der Waals surface area contributed by atoms with Crippen molar-refractivity contribution in [3.63, 3.8) is 0 Å². The van der Waals surface area contributed by atoms with Gasteiger partial charge >= 0.3 is 0 Å². The van der Waals surface area contributed by atoms with Gasteiger partial charge in [-0.3, -0.25) is 4.79 Å². The highest BCUT2D eigenvalue weighted by atomic mass is 32.2. The first-order valence-corrected chi connectivity index (χ1v) is 8.68. The summed E-state index contributed by atoms with van der Waals surface area (Å²) in [6, 6.07) is 10.9. The van der Waals surface area contributed by atoms with E-state index in [9.17, 15) is 13.2 Å². The number of hydrogen-bond acceptors (Lipinski definition) is 3. The lowest BCUT2D eigenvalue weighted by atomic mass is 10.1. The van der Waals surface area contributed by atoms with Crippen LogP contribution in [0.15, 0.2) is 47.5 Å². The fourth-order valence-corrected chi connectivity index (χ4v) is 3.12. The minimum Gasteiger partial charge on any atom is -0.345 e. The van der Waals surface area contributed by atoms with Crippen LogP contribution in [0.4, 0.5) is 0 Å². The molecule has 124 valence electrons. The van der Waals surface area contributed by atoms with Gasteiger partial charge in [-0.2, -0.15) is 0 Å². The smallest absolute Gasteiger partial charge is 0.270 e. The molecular weight excluding hydrogens is 314 g/mol. The number of aryl methyl sites for hydroxylation is 1. The minimum atomic E-state index is -3.57. The highest BCUT2D eigenvalue weighted by Gasteiger charge is 2.24. The predicted octanol–water partition coefficient (Wildman–Crippen LogP) is 1.77. The van der Waals surface area contributed by atoms with E-state index < -0.39 is 10.0 Å². The fourth-order valence-electron chi connectivity index (χ4n) is 2.32. The Bertz CT molecular complexity index is 797. The Labute approximate surface area is 136 Å². The van der Waals surface area contributed by atoms with Crippen molar-refractivity contribution in [2.24, 2.45) is 7.05 Å². The van der Waals surface area contributed by atoms with Crippen LogP contribution in [0.25, 0.3) is 0 Å². The molecule has 0 fully saturated rings. The van der Waals surface area contributed by atoms with E-state index in [0.717, 1.165) is 5.56 Å². The summed E-state index contributed by atoms with van der Waals surface area (Å²) in [7, 11) is 1.13. The van der Waals surface area contributed by atoms with Gasteiger partial charge < -0.3 is 9.47 Å². The third kappa shape index (κ3) is 3.46. The van der Waals surface area contributed by atoms with E-state index in [1.54, 1.807) is 19.0 Å². The maximum absolute atomic E-state index is 12.7. The van der Waals surface area contributed by atoms with Crippen molar-refractivity contribution in [2.45, 2.75) is 17.9 Å². The number of carbonyl (C=O) groups is 1. The van der Waals surface area contributed by atoms with E-state index in [0.29, 0.717) is 5.69 Å². The highest BCUT2D eigenvalue weighted by molar-refractivity contribution is 7.89. The Balaban J connectivity index is 2.30. The van der Waals surface area contributed by atoms with Gasteiger partial charge in [0.1, 0.15) is 10.6 Å². The van der Waals surface area contributed by atoms with Crippen LogP contribution in [0.2, 0.25) is 0 Å². The molecule has 0 radical (unpaired) electrons. The van der Waals surface area contributed by atoms with E-state index >= 15 is 0 Å². The summed E-state index contributed by atoms with van der Waals surface area (Å²) in [6.07, 6.45) is 1.43. The van der Waals surface area contributed by atoms with Gasteiger partial charge in [-0.15, -0.1) is 0 Å². The normalized spacial score (nSPS) is 12.9. The molecule has 0 bridgehead atoms. The molecule has 2 rings (SSSR count). The topological polar surface area (TPSA) is 71.4 Å². The van der Waals surface area contributed by atoms with Crippen LogP contribution in [0, 0.1) is 0 Å². The number of benzene rings is 1. The van der Waals surface area contributed by atoms with Crippen molar-refractivity contribution in [3.8, 4) is 0 Å². The number of amides is 1. The number of sulfonamides is 1. The van der Waals surface area contributed by atoms with Crippen LogP contribution in [0.3, 0.4) is 0 Å². The zero-order valence-electron chi connectivity index (χ0n) is 13.6. The van der Waals surface area contributed by atoms with Gasteiger partial charge in [0.05, 0.1) is 6.04 Å². The monoisotopic (exact) mass is 335 g/mol. The third-order valence-corrected chi connectivity index (χ3v) is 5.34. The van der Waals surface area contributed by atoms with Gasteiger partial charge in [-0.1, -0.05) is 30.3 Å². The molecule has 23 heavy (non-hydrogen) atoms. The van der Waals surface area contributed by atoms with Crippen molar-refractivity contribution in [1.29, 1.82) is 0 Å². The highest BCUT2D eigenvalue weighted by Crippen LogP contribution is 2.22. The van der Waals surface area contributed by atoms with Crippen LogP contribution in [-0.2, 0) is 17.1 Å². The van der Waals surface area contributed by atoms with Crippen molar-refractivity contribution in [3.05, 3.63) is 53.9 Å². The summed E-state index contributed by atoms with van der Waals surface area (Å²) in [4.78, 5) is 14.4. The molecule has 7 heteroatoms. The van der Waals surface area contributed by atoms with Gasteiger partial charge in [0.2, 0.25) is 10.0 Å². The second-order valence-corrected chi connectivity index (χ2v) is 7.27. The maximum atomic E-state index is 12.7. The molecule has 0 saturated heterocycles. The van der Waals surface area contributed by atoms with Gasteiger partial charge in [0, 0.05) is 20.3 Å². The predicted molar refractivity (Wildman–Crippen MR) is 88.6 cm³/mol. The van der Waals surface area contributed by atoms with E-state index in [4.69, 9.17) is 0 Å². The van der Waals surface area contributed by atoms with E-state index in [-0.39, 0.29) is 16.8 Å². The summed E-state index contributed by atoms with van der Waals surface area (Å²) in [6.45, 7) is 1.93. The average molecular weight is 335 g/mol. The Kier molecular flexibility index (Phi) is 4.91. The Morgan fingerprint density at radius 2 is 1.87 bits per heavy atom. The van der Waals surface area contributed by atoms with Gasteiger partial charge in [0.15, 0.2) is 0 Å². The van der Waals surface area contributed by atoms with Crippen molar-refractivity contribution in [2.75, 3.05) is 14.1 Å². The molecule has 1 aromatic carbocycles. The standard InChI is InChI=1S/C16H21N3O3S/c1-12(13-8-6-5-7-9-13)19(4)16(20)15-10-14(11-18(15)3)23(21,22)17-2/h5-12,17H,1-4H3. The van der Waals surface area contributed by atoms with Crippen molar-refractivity contribution < 1.29 is 13.2 Å². The Morgan fingerprint density at radius 3 is 2.43 bits per heavy atom. The number of nitrogens with one attached hydrogen (secondary N) is 1. The molecule has 1 aromatic heterocycles. The molecule has 0 spiro atoms. The lowest BCUT2D eigenvalue weighted by molar-refractivity contribution is 0.0733. The second-order valence-electron chi connectivity index (χ2n) is 5.38. The Hall–Kier alpha value is -2.12. The molecule has 0 aliphatic rings. The molecule has 1 amide bonds. The molecular formula is C16H21N3O3S. The lowest BCUT2D eigenvalue weighted by Crippen LogP contribution is -2.30. The molecule has 2 aromatic rings. The first-order valence-electron chi connectivity index (χ1n) is 7.20. The number of hydrogen-bond donors (Lipinski definition) is 1. The summed E-state index contributed by atoms with van der Waals surface area (Å²) in [5.74, 6) is -0.235. The largest absolute Gasteiger partial charge is 0.345 e. The molecule has 1 unspecified atom stereocenters. The number of carbonyl (C=O) groups excluding carboxylic acids is 1. The summed E-state index contributed by atoms with van der Waals surface area (Å²) in [5.41, 5.74) is 1.34. The minimum absolute atomic E-state index is 0.0756. The van der Waals surface area contributed by atoms with Crippen LogP contribution >= 0.6 is 0 Å². The molecule has 1 N–H and O–H groups in total. The van der Waals surface area contributed by atoms with E-state index in [1.807, 2.05) is 37.3 Å². The molecule has 0 saturated carbocycles. The molecule has 0 aliphatic carbocycles. The van der Waals surface area contributed by atoms with Crippen LogP contribution < -0.4 is 4.72 Å². The quantitative estimate of drug-likeness (QED) is 0.905. The summed E-state index contributed by atoms with van der Waals surface area (Å²) >= 11 is 0. The molecule has 0 aliphatic heterocycles.